The lowest BCUT2D eigenvalue weighted by Gasteiger charge is -2.01. The molecule has 0 saturated carbocycles. The van der Waals surface area contributed by atoms with Crippen LogP contribution in [0.4, 0.5) is 17.1 Å². The van der Waals surface area contributed by atoms with E-state index in [1.165, 1.54) is 0 Å². The summed E-state index contributed by atoms with van der Waals surface area (Å²) in [7, 11) is 0. The van der Waals surface area contributed by atoms with E-state index in [1.807, 2.05) is 0 Å². The number of carbonyl (C=O) groups excluding carboxylic acids is 1. The third kappa shape index (κ3) is 1.86. The number of nitrogens with one attached hydrogen (secondary N) is 1. The molecule has 0 radical (unpaired) electrons. The lowest BCUT2D eigenvalue weighted by Crippen LogP contribution is -1.97. The van der Waals surface area contributed by atoms with Crippen molar-refractivity contribution < 1.29 is 4.79 Å². The Morgan fingerprint density at radius 2 is 1.73 bits per heavy atom. The molecule has 1 amide bonds. The van der Waals surface area contributed by atoms with Crippen LogP contribution >= 0.6 is 0 Å². The fraction of sp³-hybridized carbons (Fsp3) is 0. The van der Waals surface area contributed by atoms with Crippen LogP contribution in [0, 0.1) is 0 Å². The number of carbonyl (C=O) groups is 1. The second kappa shape index (κ2) is 2.92. The van der Waals surface area contributed by atoms with Gasteiger partial charge in [0, 0.05) is 17.1 Å². The number of nitrogen functional groups attached to an aromatic ring is 2. The molecule has 1 aromatic carbocycles. The lowest BCUT2D eigenvalue weighted by atomic mass is 10.2. The maximum Gasteiger partial charge on any atom is 0.211 e. The first-order valence-electron chi connectivity index (χ1n) is 3.08. The smallest absolute Gasteiger partial charge is 0.211 e. The van der Waals surface area contributed by atoms with Crippen molar-refractivity contribution in [2.24, 2.45) is 0 Å². The predicted octanol–water partition coefficient (Wildman–Crippen LogP) is 0.419. The Morgan fingerprint density at radius 3 is 2.18 bits per heavy atom. The van der Waals surface area contributed by atoms with E-state index in [1.54, 1.807) is 18.2 Å². The molecule has 5 N–H and O–H groups in total. The first-order valence-corrected chi connectivity index (χ1v) is 3.08. The average molecular weight is 151 g/mol. The average Bonchev–Trinajstić information content (AvgIpc) is 1.85. The van der Waals surface area contributed by atoms with Gasteiger partial charge in [-0.25, -0.2) is 0 Å². The molecule has 0 saturated heterocycles. The largest absolute Gasteiger partial charge is 0.399 e. The standard InChI is InChI=1S/C7H9N3O/c8-5-1-6(9)3-7(2-5)10-4-11/h1-4H,8-9H2,(H,10,11). The summed E-state index contributed by atoms with van der Waals surface area (Å²) < 4.78 is 0. The predicted molar refractivity (Wildman–Crippen MR) is 45.0 cm³/mol. The Hall–Kier alpha value is -1.71. The molecule has 1 rings (SSSR count). The summed E-state index contributed by atoms with van der Waals surface area (Å²) in [5, 5.41) is 2.45. The number of rotatable bonds is 2. The summed E-state index contributed by atoms with van der Waals surface area (Å²) in [6, 6.07) is 4.88. The van der Waals surface area contributed by atoms with Crippen molar-refractivity contribution in [3.8, 4) is 0 Å². The van der Waals surface area contributed by atoms with Gasteiger partial charge in [-0.3, -0.25) is 4.79 Å². The van der Waals surface area contributed by atoms with Crippen LogP contribution in [-0.4, -0.2) is 6.41 Å². The second-order valence-electron chi connectivity index (χ2n) is 2.15. The van der Waals surface area contributed by atoms with E-state index in [0.717, 1.165) is 0 Å². The number of hydrogen-bond acceptors (Lipinski definition) is 3. The molecule has 0 aromatic heterocycles. The summed E-state index contributed by atoms with van der Waals surface area (Å²) in [4.78, 5) is 10.0. The Morgan fingerprint density at radius 1 is 1.18 bits per heavy atom. The molecule has 58 valence electrons. The van der Waals surface area contributed by atoms with Crippen LogP contribution in [0.15, 0.2) is 18.2 Å². The number of nitrogens with two attached hydrogens (primary N) is 2. The SMILES string of the molecule is Nc1cc(N)cc(NC=O)c1. The molecule has 0 bridgehead atoms. The minimum atomic E-state index is 0.536. The third-order valence-corrected chi connectivity index (χ3v) is 1.20. The van der Waals surface area contributed by atoms with Crippen molar-refractivity contribution in [1.29, 1.82) is 0 Å². The maximum atomic E-state index is 10.0. The third-order valence-electron chi connectivity index (χ3n) is 1.20. The fourth-order valence-corrected chi connectivity index (χ4v) is 0.828. The van der Waals surface area contributed by atoms with Gasteiger partial charge in [0.2, 0.25) is 6.41 Å². The van der Waals surface area contributed by atoms with Crippen molar-refractivity contribution in [3.63, 3.8) is 0 Å². The van der Waals surface area contributed by atoms with Crippen molar-refractivity contribution in [2.75, 3.05) is 16.8 Å². The van der Waals surface area contributed by atoms with Gasteiger partial charge in [0.25, 0.3) is 0 Å². The fourth-order valence-electron chi connectivity index (χ4n) is 0.828. The van der Waals surface area contributed by atoms with Crippen molar-refractivity contribution in [1.82, 2.24) is 0 Å². The van der Waals surface area contributed by atoms with Gasteiger partial charge in [-0.15, -0.1) is 0 Å². The Kier molecular flexibility index (Phi) is 1.96. The number of benzene rings is 1. The highest BCUT2D eigenvalue weighted by atomic mass is 16.1. The highest BCUT2D eigenvalue weighted by molar-refractivity contribution is 5.75. The van der Waals surface area contributed by atoms with Crippen LogP contribution in [-0.2, 0) is 4.79 Å². The van der Waals surface area contributed by atoms with Gasteiger partial charge in [0.05, 0.1) is 0 Å². The van der Waals surface area contributed by atoms with Crippen LogP contribution in [0.5, 0.6) is 0 Å². The molecule has 0 fully saturated rings. The van der Waals surface area contributed by atoms with Gasteiger partial charge in [0.15, 0.2) is 0 Å². The van der Waals surface area contributed by atoms with Crippen LogP contribution in [0.2, 0.25) is 0 Å². The van der Waals surface area contributed by atoms with E-state index in [2.05, 4.69) is 5.32 Å². The highest BCUT2D eigenvalue weighted by Crippen LogP contribution is 2.16. The van der Waals surface area contributed by atoms with Gasteiger partial charge < -0.3 is 16.8 Å². The topological polar surface area (TPSA) is 81.1 Å². The molecule has 4 heteroatoms. The number of hydrogen-bond donors (Lipinski definition) is 3. The molecule has 1 aromatic rings. The Bertz CT molecular complexity index is 252. The first-order chi connectivity index (χ1) is 5.22. The van der Waals surface area contributed by atoms with E-state index in [-0.39, 0.29) is 0 Å². The number of amides is 1. The van der Waals surface area contributed by atoms with E-state index in [0.29, 0.717) is 23.5 Å². The minimum absolute atomic E-state index is 0.536. The summed E-state index contributed by atoms with van der Waals surface area (Å²) in [5.74, 6) is 0. The second-order valence-corrected chi connectivity index (χ2v) is 2.15. The quantitative estimate of drug-likeness (QED) is 0.423. The molecule has 4 nitrogen and oxygen atoms in total. The molecule has 0 aliphatic carbocycles. The zero-order chi connectivity index (χ0) is 8.27. The van der Waals surface area contributed by atoms with Crippen LogP contribution in [0.3, 0.4) is 0 Å². The molecule has 0 unspecified atom stereocenters. The first kappa shape index (κ1) is 7.40. The summed E-state index contributed by atoms with van der Waals surface area (Å²) in [5.41, 5.74) is 12.6. The summed E-state index contributed by atoms with van der Waals surface area (Å²) in [6.07, 6.45) is 0.578. The van der Waals surface area contributed by atoms with Gasteiger partial charge in [0.1, 0.15) is 0 Å². The molecule has 0 aliphatic rings. The highest BCUT2D eigenvalue weighted by Gasteiger charge is 1.93. The van der Waals surface area contributed by atoms with E-state index in [9.17, 15) is 4.79 Å². The van der Waals surface area contributed by atoms with Crippen molar-refractivity contribution >= 4 is 23.5 Å². The van der Waals surface area contributed by atoms with Crippen molar-refractivity contribution in [2.45, 2.75) is 0 Å². The molecular formula is C7H9N3O. The van der Waals surface area contributed by atoms with Gasteiger partial charge in [-0.05, 0) is 18.2 Å². The monoisotopic (exact) mass is 151 g/mol. The van der Waals surface area contributed by atoms with E-state index < -0.39 is 0 Å². The zero-order valence-corrected chi connectivity index (χ0v) is 5.87. The summed E-state index contributed by atoms with van der Waals surface area (Å²) >= 11 is 0. The molecule has 0 aliphatic heterocycles. The zero-order valence-electron chi connectivity index (χ0n) is 5.87. The van der Waals surface area contributed by atoms with Crippen molar-refractivity contribution in [3.05, 3.63) is 18.2 Å². The number of anilines is 3. The molecule has 0 spiro atoms. The van der Waals surface area contributed by atoms with Gasteiger partial charge in [-0.1, -0.05) is 0 Å². The molecule has 0 atom stereocenters. The van der Waals surface area contributed by atoms with Gasteiger partial charge >= 0.3 is 0 Å². The van der Waals surface area contributed by atoms with E-state index in [4.69, 9.17) is 11.5 Å². The van der Waals surface area contributed by atoms with Crippen LogP contribution < -0.4 is 16.8 Å². The van der Waals surface area contributed by atoms with E-state index >= 15 is 0 Å². The van der Waals surface area contributed by atoms with Crippen LogP contribution in [0.25, 0.3) is 0 Å². The normalized spacial score (nSPS) is 9.09. The molecule has 0 heterocycles. The van der Waals surface area contributed by atoms with Gasteiger partial charge in [-0.2, -0.15) is 0 Å². The molecular weight excluding hydrogens is 142 g/mol. The maximum absolute atomic E-state index is 10.0. The lowest BCUT2D eigenvalue weighted by molar-refractivity contribution is -0.105. The Balaban J connectivity index is 2.98. The van der Waals surface area contributed by atoms with Crippen LogP contribution in [0.1, 0.15) is 0 Å². The minimum Gasteiger partial charge on any atom is -0.399 e. The summed E-state index contributed by atoms with van der Waals surface area (Å²) in [6.45, 7) is 0. The Labute approximate surface area is 64.2 Å². The molecule has 11 heavy (non-hydrogen) atoms.